The smallest absolute Gasteiger partial charge is 0.255 e. The fourth-order valence-electron chi connectivity index (χ4n) is 4.33. The molecule has 0 saturated heterocycles. The molecule has 1 aliphatic rings. The summed E-state index contributed by atoms with van der Waals surface area (Å²) >= 11 is 7.97. The van der Waals surface area contributed by atoms with Gasteiger partial charge in [0.25, 0.3) is 5.91 Å². The number of nitrogens with one attached hydrogen (secondary N) is 1. The highest BCUT2D eigenvalue weighted by atomic mass is 35.5. The maximum absolute atomic E-state index is 13.3. The van der Waals surface area contributed by atoms with Gasteiger partial charge in [0.1, 0.15) is 5.69 Å². The van der Waals surface area contributed by atoms with Crippen molar-refractivity contribution in [2.75, 3.05) is 13.1 Å². The number of benzene rings is 1. The molecule has 1 unspecified atom stereocenters. The molecule has 1 aromatic carbocycles. The van der Waals surface area contributed by atoms with Gasteiger partial charge in [-0.05, 0) is 53.3 Å². The number of fused-ring (bicyclic) bond motifs is 1. The lowest BCUT2D eigenvalue weighted by molar-refractivity contribution is 0.0928. The number of hydrogen-bond donors (Lipinski definition) is 1. The first kappa shape index (κ1) is 21.8. The molecular weight excluding hydrogens is 454 g/mol. The van der Waals surface area contributed by atoms with Crippen molar-refractivity contribution in [2.24, 2.45) is 7.05 Å². The molecule has 4 aromatic rings. The van der Waals surface area contributed by atoms with E-state index in [4.69, 9.17) is 11.6 Å². The Morgan fingerprint density at radius 3 is 2.88 bits per heavy atom. The Morgan fingerprint density at radius 1 is 1.24 bits per heavy atom. The number of halogens is 1. The van der Waals surface area contributed by atoms with Crippen LogP contribution in [0, 0.1) is 0 Å². The largest absolute Gasteiger partial charge is 0.350 e. The highest BCUT2D eigenvalue weighted by Gasteiger charge is 2.27. The molecule has 8 heteroatoms. The monoisotopic (exact) mass is 477 g/mol. The van der Waals surface area contributed by atoms with Crippen molar-refractivity contribution >= 4 is 28.8 Å². The second-order valence-electron chi connectivity index (χ2n) is 8.17. The Balaban J connectivity index is 1.38. The number of hydrogen-bond acceptors (Lipinski definition) is 5. The van der Waals surface area contributed by atoms with E-state index in [1.165, 1.54) is 10.4 Å². The summed E-state index contributed by atoms with van der Waals surface area (Å²) < 4.78 is 1.66. The second-order valence-corrected chi connectivity index (χ2v) is 9.61. The number of carbonyl (C=O) groups excluding carboxylic acids is 1. The number of pyridine rings is 1. The number of nitrogens with zero attached hydrogens (tertiary/aromatic N) is 4. The molecule has 3 aromatic heterocycles. The van der Waals surface area contributed by atoms with Crippen molar-refractivity contribution in [3.63, 3.8) is 0 Å². The summed E-state index contributed by atoms with van der Waals surface area (Å²) in [5.74, 6) is -0.144. The number of carbonyl (C=O) groups is 1. The number of aromatic nitrogens is 3. The van der Waals surface area contributed by atoms with Crippen LogP contribution >= 0.6 is 22.9 Å². The molecule has 5 rings (SSSR count). The molecule has 0 bridgehead atoms. The van der Waals surface area contributed by atoms with Crippen LogP contribution in [0.25, 0.3) is 11.3 Å². The van der Waals surface area contributed by atoms with Crippen LogP contribution in [0.5, 0.6) is 0 Å². The molecular formula is C25H24ClN5OS. The van der Waals surface area contributed by atoms with Gasteiger partial charge in [-0.2, -0.15) is 5.10 Å². The minimum atomic E-state index is -0.144. The first-order valence-corrected chi connectivity index (χ1v) is 12.1. The number of rotatable bonds is 6. The van der Waals surface area contributed by atoms with Crippen LogP contribution < -0.4 is 5.32 Å². The number of thiophene rings is 1. The molecule has 0 aliphatic carbocycles. The lowest BCUT2D eigenvalue weighted by atomic mass is 10.0. The van der Waals surface area contributed by atoms with Crippen LogP contribution in [-0.4, -0.2) is 38.7 Å². The van der Waals surface area contributed by atoms with Gasteiger partial charge in [-0.3, -0.25) is 19.4 Å². The van der Waals surface area contributed by atoms with Crippen molar-refractivity contribution in [1.29, 1.82) is 0 Å². The first-order valence-electron chi connectivity index (χ1n) is 10.9. The predicted molar refractivity (Wildman–Crippen MR) is 131 cm³/mol. The minimum absolute atomic E-state index is 0.0396. The zero-order chi connectivity index (χ0) is 22.8. The van der Waals surface area contributed by atoms with Crippen molar-refractivity contribution in [1.82, 2.24) is 25.0 Å². The molecule has 0 spiro atoms. The normalized spacial score (nSPS) is 14.6. The Hall–Kier alpha value is -3.00. The van der Waals surface area contributed by atoms with E-state index in [-0.39, 0.29) is 11.9 Å². The maximum atomic E-state index is 13.3. The van der Waals surface area contributed by atoms with E-state index in [0.29, 0.717) is 22.8 Å². The fraction of sp³-hybridized carbons (Fsp3) is 0.240. The maximum Gasteiger partial charge on any atom is 0.255 e. The highest BCUT2D eigenvalue weighted by molar-refractivity contribution is 7.10. The van der Waals surface area contributed by atoms with E-state index >= 15 is 0 Å². The second kappa shape index (κ2) is 9.47. The highest BCUT2D eigenvalue weighted by Crippen LogP contribution is 2.31. The van der Waals surface area contributed by atoms with Gasteiger partial charge in [0.05, 0.1) is 11.6 Å². The Kier molecular flexibility index (Phi) is 6.26. The van der Waals surface area contributed by atoms with Gasteiger partial charge in [0.2, 0.25) is 0 Å². The molecule has 0 fully saturated rings. The van der Waals surface area contributed by atoms with Gasteiger partial charge in [0.15, 0.2) is 0 Å². The van der Waals surface area contributed by atoms with E-state index in [1.807, 2.05) is 54.8 Å². The summed E-state index contributed by atoms with van der Waals surface area (Å²) in [7, 11) is 1.82. The number of aryl methyl sites for hydroxylation is 1. The van der Waals surface area contributed by atoms with Crippen LogP contribution in [0.3, 0.4) is 0 Å². The molecule has 33 heavy (non-hydrogen) atoms. The van der Waals surface area contributed by atoms with Crippen molar-refractivity contribution in [3.8, 4) is 11.3 Å². The van der Waals surface area contributed by atoms with Gasteiger partial charge in [-0.25, -0.2) is 0 Å². The van der Waals surface area contributed by atoms with E-state index < -0.39 is 0 Å². The molecule has 1 N–H and O–H groups in total. The van der Waals surface area contributed by atoms with Gasteiger partial charge in [-0.1, -0.05) is 23.7 Å². The lowest BCUT2D eigenvalue weighted by Gasteiger charge is -2.35. The molecule has 168 valence electrons. The third kappa shape index (κ3) is 4.71. The predicted octanol–water partition coefficient (Wildman–Crippen LogP) is 4.73. The molecule has 6 nitrogen and oxygen atoms in total. The van der Waals surface area contributed by atoms with E-state index in [2.05, 4.69) is 31.7 Å². The summed E-state index contributed by atoms with van der Waals surface area (Å²) in [6, 6.07) is 13.9. The van der Waals surface area contributed by atoms with Crippen molar-refractivity contribution in [2.45, 2.75) is 19.0 Å². The fourth-order valence-corrected chi connectivity index (χ4v) is 5.35. The number of amides is 1. The summed E-state index contributed by atoms with van der Waals surface area (Å²) in [5.41, 5.74) is 4.50. The third-order valence-corrected chi connectivity index (χ3v) is 7.27. The molecule has 0 saturated carbocycles. The van der Waals surface area contributed by atoms with E-state index in [0.717, 1.165) is 30.6 Å². The quantitative estimate of drug-likeness (QED) is 0.436. The third-order valence-electron chi connectivity index (χ3n) is 6.00. The molecule has 1 aliphatic heterocycles. The Bertz CT molecular complexity index is 1250. The van der Waals surface area contributed by atoms with Gasteiger partial charge >= 0.3 is 0 Å². The SMILES string of the molecule is Cn1cc(C(=O)NCC(c2ccc(Cl)cc2)N2CCc3sccc3C2)c(-c2cccnc2)n1. The average molecular weight is 478 g/mol. The van der Waals surface area contributed by atoms with Gasteiger partial charge < -0.3 is 5.32 Å². The lowest BCUT2D eigenvalue weighted by Crippen LogP contribution is -2.40. The van der Waals surface area contributed by atoms with E-state index in [9.17, 15) is 4.79 Å². The minimum Gasteiger partial charge on any atom is -0.350 e. The summed E-state index contributed by atoms with van der Waals surface area (Å²) in [6.45, 7) is 2.31. The van der Waals surface area contributed by atoms with Crippen LogP contribution in [0.15, 0.2) is 66.4 Å². The molecule has 1 amide bonds. The first-order chi connectivity index (χ1) is 16.1. The van der Waals surface area contributed by atoms with Crippen LogP contribution in [-0.2, 0) is 20.0 Å². The molecule has 0 radical (unpaired) electrons. The van der Waals surface area contributed by atoms with Crippen LogP contribution in [0.1, 0.15) is 32.4 Å². The average Bonchev–Trinajstić information content (AvgIpc) is 3.47. The summed E-state index contributed by atoms with van der Waals surface area (Å²) in [4.78, 5) is 21.3. The Morgan fingerprint density at radius 2 is 2.09 bits per heavy atom. The summed E-state index contributed by atoms with van der Waals surface area (Å²) in [5, 5.41) is 10.5. The van der Waals surface area contributed by atoms with Crippen LogP contribution in [0.2, 0.25) is 5.02 Å². The topological polar surface area (TPSA) is 63.1 Å². The standard InChI is InChI=1S/C25H24ClN5OS/c1-30-16-21(24(29-30)18-3-2-10-27-13-18)25(32)28-14-22(17-4-6-20(26)7-5-17)31-11-8-23-19(15-31)9-12-33-23/h2-7,9-10,12-13,16,22H,8,11,14-15H2,1H3,(H,28,32). The van der Waals surface area contributed by atoms with Crippen molar-refractivity contribution < 1.29 is 4.79 Å². The Labute approximate surface area is 201 Å². The van der Waals surface area contributed by atoms with E-state index in [1.54, 1.807) is 23.3 Å². The molecule has 4 heterocycles. The van der Waals surface area contributed by atoms with Gasteiger partial charge in [-0.15, -0.1) is 11.3 Å². The zero-order valence-corrected chi connectivity index (χ0v) is 19.8. The molecule has 1 atom stereocenters. The zero-order valence-electron chi connectivity index (χ0n) is 18.2. The summed E-state index contributed by atoms with van der Waals surface area (Å²) in [6.07, 6.45) is 6.22. The van der Waals surface area contributed by atoms with Crippen LogP contribution in [0.4, 0.5) is 0 Å². The van der Waals surface area contributed by atoms with Gasteiger partial charge in [0, 0.05) is 60.7 Å². The van der Waals surface area contributed by atoms with Crippen molar-refractivity contribution in [3.05, 3.63) is 93.0 Å².